The maximum absolute atomic E-state index is 13.0. The van der Waals surface area contributed by atoms with Crippen molar-refractivity contribution >= 4 is 15.9 Å². The van der Waals surface area contributed by atoms with Crippen molar-refractivity contribution < 1.29 is 22.0 Å². The lowest BCUT2D eigenvalue weighted by Gasteiger charge is -2.18. The van der Waals surface area contributed by atoms with E-state index in [1.54, 1.807) is 18.2 Å². The Morgan fingerprint density at radius 3 is 2.26 bits per heavy atom. The second-order valence-corrected chi connectivity index (χ2v) is 4.42. The molecule has 102 valence electrons. The molecule has 0 amide bonds. The van der Waals surface area contributed by atoms with E-state index < -0.39 is 16.9 Å². The van der Waals surface area contributed by atoms with E-state index in [9.17, 15) is 22.0 Å². The molecule has 3 nitrogen and oxygen atoms in total. The molecule has 0 radical (unpaired) electrons. The number of hydrogen-bond donors (Lipinski definition) is 0. The molecule has 19 heavy (non-hydrogen) atoms. The maximum atomic E-state index is 13.0. The molecule has 2 aromatic rings. The van der Waals surface area contributed by atoms with Gasteiger partial charge in [-0.1, -0.05) is 39.3 Å². The third-order valence-corrected chi connectivity index (χ3v) is 2.96. The van der Waals surface area contributed by atoms with Gasteiger partial charge in [0.1, 0.15) is 5.69 Å². The second-order valence-electron chi connectivity index (χ2n) is 3.57. The highest BCUT2D eigenvalue weighted by molar-refractivity contribution is 9.10. The lowest BCUT2D eigenvalue weighted by atomic mass is 10.2. The Labute approximate surface area is 112 Å². The van der Waals surface area contributed by atoms with E-state index in [0.717, 1.165) is 0 Å². The Balaban J connectivity index is 2.43. The second kappa shape index (κ2) is 4.55. The van der Waals surface area contributed by atoms with Gasteiger partial charge in [0, 0.05) is 10.0 Å². The first-order valence-electron chi connectivity index (χ1n) is 4.86. The van der Waals surface area contributed by atoms with E-state index in [1.807, 2.05) is 0 Å². The van der Waals surface area contributed by atoms with Gasteiger partial charge in [-0.25, -0.2) is 0 Å². The summed E-state index contributed by atoms with van der Waals surface area (Å²) in [5, 5.41) is 6.18. The zero-order valence-electron chi connectivity index (χ0n) is 9.00. The molecule has 0 spiro atoms. The first-order valence-corrected chi connectivity index (χ1v) is 5.65. The van der Waals surface area contributed by atoms with Crippen LogP contribution < -0.4 is 0 Å². The van der Waals surface area contributed by atoms with Crippen molar-refractivity contribution in [3.8, 4) is 11.3 Å². The molecule has 0 saturated heterocycles. The number of benzene rings is 1. The molecule has 0 bridgehead atoms. The largest absolute Gasteiger partial charge is 0.477 e. The highest BCUT2D eigenvalue weighted by Gasteiger charge is 2.60. The lowest BCUT2D eigenvalue weighted by molar-refractivity contribution is -0.328. The van der Waals surface area contributed by atoms with Gasteiger partial charge in [-0.2, -0.15) is 26.6 Å². The summed E-state index contributed by atoms with van der Waals surface area (Å²) in [6, 6.07) is 1.29. The van der Waals surface area contributed by atoms with Gasteiger partial charge >= 0.3 is 12.2 Å². The first kappa shape index (κ1) is 13.9. The van der Waals surface area contributed by atoms with Crippen molar-refractivity contribution in [3.05, 3.63) is 34.9 Å². The van der Waals surface area contributed by atoms with E-state index in [4.69, 9.17) is 0 Å². The topological polar surface area (TPSA) is 30.7 Å². The van der Waals surface area contributed by atoms with Crippen LogP contribution in [0.15, 0.2) is 34.9 Å². The molecule has 0 unspecified atom stereocenters. The number of alkyl halides is 5. The van der Waals surface area contributed by atoms with E-state index in [1.165, 1.54) is 6.07 Å². The number of rotatable bonds is 2. The van der Waals surface area contributed by atoms with Crippen LogP contribution >= 0.6 is 15.9 Å². The fourth-order valence-corrected chi connectivity index (χ4v) is 1.81. The SMILES string of the molecule is FC(F)(F)C(F)(F)n1cc(-c2ccccc2Br)nn1. The van der Waals surface area contributed by atoms with Gasteiger partial charge in [0.05, 0.1) is 6.20 Å². The zero-order chi connectivity index (χ0) is 14.3. The fraction of sp³-hybridized carbons (Fsp3) is 0.200. The smallest absolute Gasteiger partial charge is 0.180 e. The highest BCUT2D eigenvalue weighted by Crippen LogP contribution is 2.39. The fourth-order valence-electron chi connectivity index (χ4n) is 1.32. The molecule has 2 rings (SSSR count). The van der Waals surface area contributed by atoms with E-state index in [0.29, 0.717) is 16.2 Å². The number of nitrogens with zero attached hydrogens (tertiary/aromatic N) is 3. The van der Waals surface area contributed by atoms with Gasteiger partial charge < -0.3 is 0 Å². The summed E-state index contributed by atoms with van der Waals surface area (Å²) < 4.78 is 62.5. The molecule has 9 heteroatoms. The van der Waals surface area contributed by atoms with Gasteiger partial charge in [0.25, 0.3) is 0 Å². The summed E-state index contributed by atoms with van der Waals surface area (Å²) in [5.41, 5.74) is 0.281. The minimum absolute atomic E-state index is 0.0867. The van der Waals surface area contributed by atoms with Crippen molar-refractivity contribution in [1.29, 1.82) is 0 Å². The van der Waals surface area contributed by atoms with Crippen LogP contribution in [-0.2, 0) is 6.05 Å². The van der Waals surface area contributed by atoms with Crippen molar-refractivity contribution in [1.82, 2.24) is 15.0 Å². The van der Waals surface area contributed by atoms with Crippen molar-refractivity contribution in [2.45, 2.75) is 12.2 Å². The minimum atomic E-state index is -5.73. The molecule has 0 saturated carbocycles. The Hall–Kier alpha value is -1.51. The van der Waals surface area contributed by atoms with Crippen LogP contribution in [0, 0.1) is 0 Å². The van der Waals surface area contributed by atoms with Crippen LogP contribution in [0.3, 0.4) is 0 Å². The van der Waals surface area contributed by atoms with Crippen LogP contribution in [-0.4, -0.2) is 21.2 Å². The van der Waals surface area contributed by atoms with Crippen molar-refractivity contribution in [3.63, 3.8) is 0 Å². The van der Waals surface area contributed by atoms with Gasteiger partial charge in [0.2, 0.25) is 0 Å². The van der Waals surface area contributed by atoms with Gasteiger partial charge in [0.15, 0.2) is 0 Å². The summed E-state index contributed by atoms with van der Waals surface area (Å²) in [4.78, 5) is 0. The minimum Gasteiger partial charge on any atom is -0.180 e. The summed E-state index contributed by atoms with van der Waals surface area (Å²) in [6.45, 7) is 0. The molecular weight excluding hydrogens is 337 g/mol. The molecule has 0 N–H and O–H groups in total. The van der Waals surface area contributed by atoms with Crippen LogP contribution in [0.1, 0.15) is 0 Å². The van der Waals surface area contributed by atoms with Crippen molar-refractivity contribution in [2.24, 2.45) is 0 Å². The Morgan fingerprint density at radius 1 is 1.05 bits per heavy atom. The Bertz CT molecular complexity index is 593. The van der Waals surface area contributed by atoms with E-state index in [2.05, 4.69) is 26.2 Å². The van der Waals surface area contributed by atoms with Gasteiger partial charge in [-0.05, 0) is 6.07 Å². The number of hydrogen-bond acceptors (Lipinski definition) is 2. The van der Waals surface area contributed by atoms with Gasteiger partial charge in [-0.3, -0.25) is 0 Å². The van der Waals surface area contributed by atoms with Crippen LogP contribution in [0.5, 0.6) is 0 Å². The Kier molecular flexibility index (Phi) is 3.33. The molecule has 1 aromatic heterocycles. The lowest BCUT2D eigenvalue weighted by Crippen LogP contribution is -2.40. The average molecular weight is 342 g/mol. The summed E-state index contributed by atoms with van der Waals surface area (Å²) in [7, 11) is 0. The number of halogens is 6. The molecule has 0 atom stereocenters. The number of aromatic nitrogens is 3. The van der Waals surface area contributed by atoms with Crippen LogP contribution in [0.4, 0.5) is 22.0 Å². The summed E-state index contributed by atoms with van der Waals surface area (Å²) >= 11 is 3.15. The van der Waals surface area contributed by atoms with Crippen LogP contribution in [0.25, 0.3) is 11.3 Å². The monoisotopic (exact) mass is 341 g/mol. The summed E-state index contributed by atoms with van der Waals surface area (Å²) in [6.07, 6.45) is -5.18. The zero-order valence-corrected chi connectivity index (χ0v) is 10.6. The van der Waals surface area contributed by atoms with Gasteiger partial charge in [-0.15, -0.1) is 5.10 Å². The molecule has 0 fully saturated rings. The quantitative estimate of drug-likeness (QED) is 0.777. The third kappa shape index (κ3) is 2.46. The van der Waals surface area contributed by atoms with E-state index in [-0.39, 0.29) is 5.69 Å². The predicted molar refractivity (Wildman–Crippen MR) is 59.4 cm³/mol. The predicted octanol–water partition coefficient (Wildman–Crippen LogP) is 3.82. The highest BCUT2D eigenvalue weighted by atomic mass is 79.9. The molecule has 0 aliphatic carbocycles. The normalized spacial score (nSPS) is 12.7. The molecule has 0 aliphatic rings. The average Bonchev–Trinajstić information content (AvgIpc) is 2.77. The third-order valence-electron chi connectivity index (χ3n) is 2.27. The standard InChI is InChI=1S/C10H5BrF5N3/c11-7-4-2-1-3-6(7)8-5-19(18-17-8)10(15,16)9(12,13)14/h1-5H. The first-order chi connectivity index (χ1) is 8.73. The summed E-state index contributed by atoms with van der Waals surface area (Å²) in [5.74, 6) is 0. The molecule has 1 aromatic carbocycles. The molecule has 1 heterocycles. The maximum Gasteiger partial charge on any atom is 0.477 e. The van der Waals surface area contributed by atoms with Crippen molar-refractivity contribution in [2.75, 3.05) is 0 Å². The molecular formula is C10H5BrF5N3. The van der Waals surface area contributed by atoms with Crippen LogP contribution in [0.2, 0.25) is 0 Å². The van der Waals surface area contributed by atoms with E-state index >= 15 is 0 Å². The molecule has 0 aliphatic heterocycles. The Morgan fingerprint density at radius 2 is 1.68 bits per heavy atom.